The Labute approximate surface area is 154 Å². The Hall–Kier alpha value is -3.68. The van der Waals surface area contributed by atoms with Crippen molar-refractivity contribution >= 4 is 18.1 Å². The molecule has 0 spiro atoms. The lowest BCUT2D eigenvalue weighted by Crippen LogP contribution is -2.20. The molecule has 0 atom stereocenters. The molecule has 1 aromatic heterocycles. The van der Waals surface area contributed by atoms with Crippen molar-refractivity contribution in [1.82, 2.24) is 10.2 Å². The highest BCUT2D eigenvalue weighted by molar-refractivity contribution is 5.88. The molecule has 1 amide bonds. The number of aromatic carboxylic acids is 1. The monoisotopic (exact) mass is 369 g/mol. The maximum Gasteiger partial charge on any atom is 0.338 e. The Bertz CT molecular complexity index is 973. The number of H-pyrrole nitrogens is 1. The Kier molecular flexibility index (Phi) is 5.16. The van der Waals surface area contributed by atoms with E-state index in [0.717, 1.165) is 17.2 Å². The number of nitrogens with one attached hydrogen (secondary N) is 1. The lowest BCUT2D eigenvalue weighted by molar-refractivity contribution is -0.107. The molecule has 3 rings (SSSR count). The molecule has 0 aliphatic carbocycles. The average molecular weight is 369 g/mol. The van der Waals surface area contributed by atoms with Gasteiger partial charge < -0.3 is 14.7 Å². The summed E-state index contributed by atoms with van der Waals surface area (Å²) in [5.41, 5.74) is 2.23. The van der Waals surface area contributed by atoms with Crippen LogP contribution in [-0.4, -0.2) is 34.8 Å². The molecule has 1 heterocycles. The van der Waals surface area contributed by atoms with Crippen LogP contribution < -0.4 is 9.64 Å². The molecule has 3 aromatic rings. The summed E-state index contributed by atoms with van der Waals surface area (Å²) in [6.07, 6.45) is 4.00. The molecule has 0 aliphatic rings. The second-order valence-electron chi connectivity index (χ2n) is 5.72. The molecule has 2 aromatic carbocycles. The number of methoxy groups -OCH3 is 1. The number of hydrogen-bond donors (Lipinski definition) is 2. The van der Waals surface area contributed by atoms with Gasteiger partial charge in [0.05, 0.1) is 25.4 Å². The molecule has 2 N–H and O–H groups in total. The molecule has 0 saturated carbocycles. The smallest absolute Gasteiger partial charge is 0.338 e. The van der Waals surface area contributed by atoms with E-state index in [1.165, 1.54) is 24.1 Å². The number of aromatic amines is 1. The van der Waals surface area contributed by atoms with E-state index in [-0.39, 0.29) is 6.54 Å². The number of aromatic nitrogens is 2. The first-order valence-electron chi connectivity index (χ1n) is 7.94. The van der Waals surface area contributed by atoms with Gasteiger partial charge in [-0.15, -0.1) is 0 Å². The van der Waals surface area contributed by atoms with E-state index in [1.807, 2.05) is 0 Å². The fraction of sp³-hybridized carbons (Fsp3) is 0.105. The van der Waals surface area contributed by atoms with Crippen LogP contribution in [0.25, 0.3) is 11.1 Å². The van der Waals surface area contributed by atoms with Gasteiger partial charge >= 0.3 is 5.97 Å². The summed E-state index contributed by atoms with van der Waals surface area (Å²) in [6, 6.07) is 8.95. The Morgan fingerprint density at radius 2 is 2.15 bits per heavy atom. The van der Waals surface area contributed by atoms with Gasteiger partial charge in [-0.2, -0.15) is 5.10 Å². The fourth-order valence-corrected chi connectivity index (χ4v) is 2.72. The highest BCUT2D eigenvalue weighted by atomic mass is 19.1. The van der Waals surface area contributed by atoms with Crippen LogP contribution in [0, 0.1) is 5.82 Å². The summed E-state index contributed by atoms with van der Waals surface area (Å²) >= 11 is 0. The van der Waals surface area contributed by atoms with E-state index in [4.69, 9.17) is 9.84 Å². The second kappa shape index (κ2) is 7.69. The topological polar surface area (TPSA) is 95.5 Å². The molecule has 0 fully saturated rings. The van der Waals surface area contributed by atoms with Crippen molar-refractivity contribution in [3.63, 3.8) is 0 Å². The molecule has 7 nitrogen and oxygen atoms in total. The predicted molar refractivity (Wildman–Crippen MR) is 96.2 cm³/mol. The van der Waals surface area contributed by atoms with Gasteiger partial charge in [0, 0.05) is 29.1 Å². The number of amides is 1. The van der Waals surface area contributed by atoms with Gasteiger partial charge in [0.1, 0.15) is 11.6 Å². The van der Waals surface area contributed by atoms with Crippen LogP contribution >= 0.6 is 0 Å². The van der Waals surface area contributed by atoms with Crippen molar-refractivity contribution in [2.45, 2.75) is 6.54 Å². The minimum Gasteiger partial charge on any atom is -0.496 e. The standard InChI is InChI=1S/C19H16FN3O4/c1-27-18-7-14(3-4-15(18)13-8-21-22-9-13)23(11-24)10-12-2-5-17(20)16(6-12)19(25)26/h2-9,11H,10H2,1H3,(H,21,22)(H,25,26). The summed E-state index contributed by atoms with van der Waals surface area (Å²) < 4.78 is 19.0. The molecule has 0 unspecified atom stereocenters. The molecule has 0 bridgehead atoms. The van der Waals surface area contributed by atoms with Crippen LogP contribution in [0.15, 0.2) is 48.8 Å². The van der Waals surface area contributed by atoms with Crippen LogP contribution in [0.5, 0.6) is 5.75 Å². The summed E-state index contributed by atoms with van der Waals surface area (Å²) in [5, 5.41) is 15.7. The fourth-order valence-electron chi connectivity index (χ4n) is 2.72. The number of nitrogens with zero attached hydrogens (tertiary/aromatic N) is 2. The SMILES string of the molecule is COc1cc(N(C=O)Cc2ccc(F)c(C(=O)O)c2)ccc1-c1cn[nH]c1. The second-order valence-corrected chi connectivity index (χ2v) is 5.72. The summed E-state index contributed by atoms with van der Waals surface area (Å²) in [5.74, 6) is -1.64. The first-order valence-corrected chi connectivity index (χ1v) is 7.94. The molecular formula is C19H16FN3O4. The molecular weight excluding hydrogens is 353 g/mol. The minimum absolute atomic E-state index is 0.0816. The third kappa shape index (κ3) is 3.79. The summed E-state index contributed by atoms with van der Waals surface area (Å²) in [6.45, 7) is 0.0816. The highest BCUT2D eigenvalue weighted by Crippen LogP contribution is 2.33. The van der Waals surface area contributed by atoms with Crippen LogP contribution in [0.1, 0.15) is 15.9 Å². The quantitative estimate of drug-likeness (QED) is 0.624. The number of hydrogen-bond acceptors (Lipinski definition) is 4. The number of benzene rings is 2. The van der Waals surface area contributed by atoms with E-state index in [0.29, 0.717) is 23.4 Å². The number of carbonyl (C=O) groups is 2. The first-order chi connectivity index (χ1) is 13.0. The van der Waals surface area contributed by atoms with Gasteiger partial charge in [-0.25, -0.2) is 9.18 Å². The van der Waals surface area contributed by atoms with Crippen LogP contribution in [0.2, 0.25) is 0 Å². The van der Waals surface area contributed by atoms with Crippen molar-refractivity contribution < 1.29 is 23.8 Å². The van der Waals surface area contributed by atoms with Crippen LogP contribution in [0.4, 0.5) is 10.1 Å². The molecule has 0 saturated heterocycles. The van der Waals surface area contributed by atoms with E-state index in [2.05, 4.69) is 10.2 Å². The third-order valence-corrected chi connectivity index (χ3v) is 4.07. The van der Waals surface area contributed by atoms with E-state index in [9.17, 15) is 14.0 Å². The molecule has 0 aliphatic heterocycles. The molecule has 138 valence electrons. The maximum absolute atomic E-state index is 13.6. The number of rotatable bonds is 7. The van der Waals surface area contributed by atoms with Crippen molar-refractivity contribution in [3.05, 3.63) is 65.7 Å². The van der Waals surface area contributed by atoms with Gasteiger partial charge in [0.25, 0.3) is 0 Å². The molecule has 27 heavy (non-hydrogen) atoms. The third-order valence-electron chi connectivity index (χ3n) is 4.07. The predicted octanol–water partition coefficient (Wildman–Crippen LogP) is 3.09. The van der Waals surface area contributed by atoms with E-state index < -0.39 is 17.3 Å². The maximum atomic E-state index is 13.6. The lowest BCUT2D eigenvalue weighted by atomic mass is 10.1. The minimum atomic E-state index is -1.36. The number of carboxylic acid groups (broad SMARTS) is 1. The van der Waals surface area contributed by atoms with Crippen molar-refractivity contribution in [3.8, 4) is 16.9 Å². The largest absolute Gasteiger partial charge is 0.496 e. The van der Waals surface area contributed by atoms with Crippen LogP contribution in [0.3, 0.4) is 0 Å². The van der Waals surface area contributed by atoms with E-state index in [1.54, 1.807) is 30.6 Å². The molecule has 0 radical (unpaired) electrons. The Morgan fingerprint density at radius 3 is 2.78 bits per heavy atom. The van der Waals surface area contributed by atoms with Gasteiger partial charge in [-0.3, -0.25) is 9.89 Å². The summed E-state index contributed by atoms with van der Waals surface area (Å²) in [4.78, 5) is 24.0. The first kappa shape index (κ1) is 18.1. The van der Waals surface area contributed by atoms with Crippen molar-refractivity contribution in [2.24, 2.45) is 0 Å². The number of ether oxygens (including phenoxy) is 1. The number of anilines is 1. The normalized spacial score (nSPS) is 10.4. The van der Waals surface area contributed by atoms with Gasteiger partial charge in [-0.1, -0.05) is 6.07 Å². The number of carbonyl (C=O) groups excluding carboxylic acids is 1. The number of halogens is 1. The zero-order valence-electron chi connectivity index (χ0n) is 14.3. The van der Waals surface area contributed by atoms with Gasteiger partial charge in [0.2, 0.25) is 6.41 Å². The Morgan fingerprint density at radius 1 is 1.33 bits per heavy atom. The lowest BCUT2D eigenvalue weighted by Gasteiger charge is -2.19. The van der Waals surface area contributed by atoms with E-state index >= 15 is 0 Å². The van der Waals surface area contributed by atoms with Gasteiger partial charge in [0.15, 0.2) is 0 Å². The average Bonchev–Trinajstić information content (AvgIpc) is 3.21. The van der Waals surface area contributed by atoms with Crippen molar-refractivity contribution in [2.75, 3.05) is 12.0 Å². The summed E-state index contributed by atoms with van der Waals surface area (Å²) in [7, 11) is 1.52. The van der Waals surface area contributed by atoms with Crippen LogP contribution in [-0.2, 0) is 11.3 Å². The number of carboxylic acids is 1. The van der Waals surface area contributed by atoms with Crippen molar-refractivity contribution in [1.29, 1.82) is 0 Å². The zero-order chi connectivity index (χ0) is 19.4. The molecule has 8 heteroatoms. The Balaban J connectivity index is 1.91. The zero-order valence-corrected chi connectivity index (χ0v) is 14.3. The van der Waals surface area contributed by atoms with Gasteiger partial charge in [-0.05, 0) is 29.8 Å². The highest BCUT2D eigenvalue weighted by Gasteiger charge is 2.15.